The number of aromatic nitrogens is 1. The highest BCUT2D eigenvalue weighted by Crippen LogP contribution is 2.26. The summed E-state index contributed by atoms with van der Waals surface area (Å²) in [6.07, 6.45) is 4.02. The lowest BCUT2D eigenvalue weighted by Gasteiger charge is -1.96. The predicted octanol–water partition coefficient (Wildman–Crippen LogP) is 2.58. The summed E-state index contributed by atoms with van der Waals surface area (Å²) in [6.45, 7) is 2.62. The van der Waals surface area contributed by atoms with Crippen molar-refractivity contribution >= 4 is 27.7 Å². The molecule has 0 aliphatic heterocycles. The quantitative estimate of drug-likeness (QED) is 0.816. The number of benzene rings is 1. The second-order valence-corrected chi connectivity index (χ2v) is 3.93. The van der Waals surface area contributed by atoms with E-state index in [1.54, 1.807) is 11.5 Å². The summed E-state index contributed by atoms with van der Waals surface area (Å²) in [4.78, 5) is 0. The summed E-state index contributed by atoms with van der Waals surface area (Å²) < 4.78 is 5.58. The molecule has 14 heavy (non-hydrogen) atoms. The van der Waals surface area contributed by atoms with Crippen LogP contribution in [0.3, 0.4) is 0 Å². The van der Waals surface area contributed by atoms with E-state index >= 15 is 0 Å². The molecule has 1 aromatic carbocycles. The largest absolute Gasteiger partial charge is 0.327 e. The fourth-order valence-electron chi connectivity index (χ4n) is 1.51. The van der Waals surface area contributed by atoms with Gasteiger partial charge >= 0.3 is 0 Å². The van der Waals surface area contributed by atoms with E-state index in [0.29, 0.717) is 6.54 Å². The normalized spacial score (nSPS) is 11.6. The lowest BCUT2D eigenvalue weighted by Crippen LogP contribution is -1.92. The van der Waals surface area contributed by atoms with Gasteiger partial charge in [-0.1, -0.05) is 24.3 Å². The molecule has 0 unspecified atom stereocenters. The van der Waals surface area contributed by atoms with Crippen LogP contribution in [0.25, 0.3) is 16.2 Å². The van der Waals surface area contributed by atoms with Gasteiger partial charge in [-0.25, -0.2) is 0 Å². The minimum Gasteiger partial charge on any atom is -0.327 e. The van der Waals surface area contributed by atoms with Gasteiger partial charge in [0.25, 0.3) is 0 Å². The molecule has 0 radical (unpaired) electrons. The van der Waals surface area contributed by atoms with E-state index in [-0.39, 0.29) is 0 Å². The van der Waals surface area contributed by atoms with Gasteiger partial charge in [-0.05, 0) is 30.1 Å². The first-order valence-corrected chi connectivity index (χ1v) is 5.32. The molecule has 72 valence electrons. The second-order valence-electron chi connectivity index (χ2n) is 3.13. The van der Waals surface area contributed by atoms with Crippen LogP contribution in [0.5, 0.6) is 0 Å². The zero-order valence-electron chi connectivity index (χ0n) is 8.03. The third-order valence-corrected chi connectivity index (χ3v) is 3.04. The summed E-state index contributed by atoms with van der Waals surface area (Å²) in [6, 6.07) is 6.24. The van der Waals surface area contributed by atoms with Crippen LogP contribution < -0.4 is 5.73 Å². The first kappa shape index (κ1) is 9.37. The number of hydrogen-bond acceptors (Lipinski definition) is 3. The molecule has 3 heteroatoms. The van der Waals surface area contributed by atoms with E-state index in [4.69, 9.17) is 5.73 Å². The Bertz CT molecular complexity index is 471. The minimum atomic E-state index is 0.576. The van der Waals surface area contributed by atoms with Crippen LogP contribution in [0, 0.1) is 6.92 Å². The third-order valence-electron chi connectivity index (χ3n) is 2.13. The van der Waals surface area contributed by atoms with E-state index < -0.39 is 0 Å². The lowest BCUT2D eigenvalue weighted by atomic mass is 10.1. The fraction of sp³-hybridized carbons (Fsp3) is 0.182. The van der Waals surface area contributed by atoms with Crippen molar-refractivity contribution in [3.05, 3.63) is 35.5 Å². The van der Waals surface area contributed by atoms with E-state index in [0.717, 1.165) is 5.69 Å². The Kier molecular flexibility index (Phi) is 2.61. The average molecular weight is 204 g/mol. The van der Waals surface area contributed by atoms with E-state index in [1.165, 1.54) is 15.6 Å². The van der Waals surface area contributed by atoms with Gasteiger partial charge in [0.2, 0.25) is 0 Å². The van der Waals surface area contributed by atoms with Gasteiger partial charge in [0.05, 0.1) is 10.4 Å². The smallest absolute Gasteiger partial charge is 0.0595 e. The standard InChI is InChI=1S/C11H12N2S/c1-8-11-9(5-3-7-12)4-2-6-10(11)14-13-8/h2-6H,7,12H2,1H3/b5-3+. The summed E-state index contributed by atoms with van der Waals surface area (Å²) >= 11 is 1.55. The molecule has 0 atom stereocenters. The topological polar surface area (TPSA) is 38.9 Å². The number of fused-ring (bicyclic) bond motifs is 1. The highest BCUT2D eigenvalue weighted by molar-refractivity contribution is 7.13. The highest BCUT2D eigenvalue weighted by atomic mass is 32.1. The number of nitrogens with two attached hydrogens (primary N) is 1. The molecule has 0 fully saturated rings. The first-order valence-electron chi connectivity index (χ1n) is 4.54. The summed E-state index contributed by atoms with van der Waals surface area (Å²) in [5.41, 5.74) is 7.74. The first-order chi connectivity index (χ1) is 6.83. The number of hydrogen-bond donors (Lipinski definition) is 1. The third kappa shape index (κ3) is 1.56. The number of rotatable bonds is 2. The average Bonchev–Trinajstić information content (AvgIpc) is 2.58. The number of aryl methyl sites for hydroxylation is 1. The van der Waals surface area contributed by atoms with Gasteiger partial charge in [-0.3, -0.25) is 0 Å². The molecule has 0 aliphatic rings. The summed E-state index contributed by atoms with van der Waals surface area (Å²) in [5, 5.41) is 1.25. The van der Waals surface area contributed by atoms with Gasteiger partial charge in [-0.15, -0.1) is 0 Å². The molecule has 2 aromatic rings. The van der Waals surface area contributed by atoms with Crippen molar-refractivity contribution in [3.8, 4) is 0 Å². The molecular formula is C11H12N2S. The van der Waals surface area contributed by atoms with Crippen molar-refractivity contribution in [2.75, 3.05) is 6.54 Å². The Labute approximate surface area is 87.2 Å². The fourth-order valence-corrected chi connectivity index (χ4v) is 2.33. The van der Waals surface area contributed by atoms with E-state index in [9.17, 15) is 0 Å². The molecule has 0 saturated heterocycles. The van der Waals surface area contributed by atoms with Crippen molar-refractivity contribution in [3.63, 3.8) is 0 Å². The molecule has 0 aliphatic carbocycles. The molecule has 1 heterocycles. The molecule has 2 nitrogen and oxygen atoms in total. The number of nitrogens with zero attached hydrogens (tertiary/aromatic N) is 1. The summed E-state index contributed by atoms with van der Waals surface area (Å²) in [7, 11) is 0. The Hall–Kier alpha value is -1.19. The highest BCUT2D eigenvalue weighted by Gasteiger charge is 2.04. The van der Waals surface area contributed by atoms with E-state index in [1.807, 2.05) is 13.0 Å². The van der Waals surface area contributed by atoms with Gasteiger partial charge in [0.1, 0.15) is 0 Å². The van der Waals surface area contributed by atoms with Crippen LogP contribution in [0.4, 0.5) is 0 Å². The minimum absolute atomic E-state index is 0.576. The van der Waals surface area contributed by atoms with Gasteiger partial charge in [0.15, 0.2) is 0 Å². The van der Waals surface area contributed by atoms with Crippen molar-refractivity contribution in [2.24, 2.45) is 5.73 Å². The molecule has 0 saturated carbocycles. The molecule has 2 rings (SSSR count). The van der Waals surface area contributed by atoms with Crippen LogP contribution >= 0.6 is 11.5 Å². The van der Waals surface area contributed by atoms with Gasteiger partial charge in [-0.2, -0.15) is 4.37 Å². The Morgan fingerprint density at radius 3 is 3.14 bits per heavy atom. The van der Waals surface area contributed by atoms with Crippen LogP contribution in [0.15, 0.2) is 24.3 Å². The molecule has 0 bridgehead atoms. The maximum Gasteiger partial charge on any atom is 0.0595 e. The van der Waals surface area contributed by atoms with Crippen molar-refractivity contribution in [2.45, 2.75) is 6.92 Å². The summed E-state index contributed by atoms with van der Waals surface area (Å²) in [5.74, 6) is 0. The van der Waals surface area contributed by atoms with Crippen molar-refractivity contribution in [1.82, 2.24) is 4.37 Å². The van der Waals surface area contributed by atoms with E-state index in [2.05, 4.69) is 28.6 Å². The van der Waals surface area contributed by atoms with Crippen LogP contribution in [-0.2, 0) is 0 Å². The molecule has 0 spiro atoms. The van der Waals surface area contributed by atoms with Crippen molar-refractivity contribution < 1.29 is 0 Å². The maximum atomic E-state index is 5.43. The Balaban J connectivity index is 2.63. The Morgan fingerprint density at radius 1 is 1.50 bits per heavy atom. The zero-order chi connectivity index (χ0) is 9.97. The van der Waals surface area contributed by atoms with Crippen molar-refractivity contribution in [1.29, 1.82) is 0 Å². The molecule has 0 amide bonds. The zero-order valence-corrected chi connectivity index (χ0v) is 8.84. The Morgan fingerprint density at radius 2 is 2.36 bits per heavy atom. The second kappa shape index (κ2) is 3.90. The monoisotopic (exact) mass is 204 g/mol. The van der Waals surface area contributed by atoms with Crippen LogP contribution in [0.1, 0.15) is 11.3 Å². The van der Waals surface area contributed by atoms with Crippen LogP contribution in [0.2, 0.25) is 0 Å². The molecular weight excluding hydrogens is 192 g/mol. The SMILES string of the molecule is Cc1nsc2cccc(/C=C/CN)c12. The molecule has 2 N–H and O–H groups in total. The lowest BCUT2D eigenvalue weighted by molar-refractivity contribution is 1.26. The van der Waals surface area contributed by atoms with Gasteiger partial charge < -0.3 is 5.73 Å². The predicted molar refractivity (Wildman–Crippen MR) is 62.4 cm³/mol. The van der Waals surface area contributed by atoms with Crippen LogP contribution in [-0.4, -0.2) is 10.9 Å². The van der Waals surface area contributed by atoms with Gasteiger partial charge in [0, 0.05) is 11.9 Å². The maximum absolute atomic E-state index is 5.43. The molecule has 1 aromatic heterocycles.